The van der Waals surface area contributed by atoms with Crippen LogP contribution in [0.5, 0.6) is 5.75 Å². The molecule has 2 rings (SSSR count). The van der Waals surface area contributed by atoms with Crippen LogP contribution in [0.2, 0.25) is 0 Å². The summed E-state index contributed by atoms with van der Waals surface area (Å²) < 4.78 is 6.24. The fourth-order valence-electron chi connectivity index (χ4n) is 2.04. The lowest BCUT2D eigenvalue weighted by atomic mass is 10.1. The molecule has 0 bridgehead atoms. The Morgan fingerprint density at radius 1 is 1.05 bits per heavy atom. The van der Waals surface area contributed by atoms with E-state index in [9.17, 15) is 0 Å². The van der Waals surface area contributed by atoms with E-state index < -0.39 is 0 Å². The van der Waals surface area contributed by atoms with Gasteiger partial charge in [0.25, 0.3) is 0 Å². The van der Waals surface area contributed by atoms with Gasteiger partial charge >= 0.3 is 0 Å². The molecule has 2 aromatic rings. The van der Waals surface area contributed by atoms with Gasteiger partial charge in [0.15, 0.2) is 0 Å². The zero-order valence-electron chi connectivity index (χ0n) is 12.0. The number of ether oxygens (including phenoxy) is 1. The van der Waals surface area contributed by atoms with Crippen molar-refractivity contribution in [1.29, 1.82) is 0 Å². The Balaban J connectivity index is 2.19. The van der Waals surface area contributed by atoms with Crippen LogP contribution in [0.4, 0.5) is 0 Å². The molecule has 0 aliphatic rings. The number of thioether (sulfide) groups is 1. The minimum Gasteiger partial charge on any atom is -0.483 e. The first-order chi connectivity index (χ1) is 9.85. The summed E-state index contributed by atoms with van der Waals surface area (Å²) in [6.07, 6.45) is 2.11. The second-order valence-electron chi connectivity index (χ2n) is 4.48. The molecule has 0 aliphatic carbocycles. The fourth-order valence-corrected chi connectivity index (χ4v) is 2.57. The largest absolute Gasteiger partial charge is 0.483 e. The average molecular weight is 287 g/mol. The van der Waals surface area contributed by atoms with Crippen LogP contribution >= 0.6 is 11.8 Å². The maximum absolute atomic E-state index is 6.24. The summed E-state index contributed by atoms with van der Waals surface area (Å²) in [5.74, 6) is 0.951. The number of hydrogen-bond acceptors (Lipinski definition) is 3. The summed E-state index contributed by atoms with van der Waals surface area (Å²) in [6.45, 7) is 3.86. The predicted molar refractivity (Wildman–Crippen MR) is 86.6 cm³/mol. The molecule has 1 N–H and O–H groups in total. The van der Waals surface area contributed by atoms with Crippen molar-refractivity contribution in [3.05, 3.63) is 60.2 Å². The number of para-hydroxylation sites is 1. The molecule has 2 aromatic carbocycles. The zero-order chi connectivity index (χ0) is 14.2. The highest BCUT2D eigenvalue weighted by molar-refractivity contribution is 7.98. The Kier molecular flexibility index (Phi) is 5.96. The highest BCUT2D eigenvalue weighted by Gasteiger charge is 2.14. The van der Waals surface area contributed by atoms with E-state index in [0.29, 0.717) is 0 Å². The molecule has 106 valence electrons. The van der Waals surface area contributed by atoms with Crippen molar-refractivity contribution < 1.29 is 4.74 Å². The summed E-state index contributed by atoms with van der Waals surface area (Å²) >= 11 is 1.71. The maximum atomic E-state index is 6.24. The van der Waals surface area contributed by atoms with Crippen LogP contribution in [-0.2, 0) is 0 Å². The molecular weight excluding hydrogens is 266 g/mol. The number of rotatable bonds is 7. The normalized spacial score (nSPS) is 12.1. The third-order valence-corrected chi connectivity index (χ3v) is 3.87. The molecule has 0 saturated heterocycles. The van der Waals surface area contributed by atoms with Gasteiger partial charge in [-0.2, -0.15) is 0 Å². The Hall–Kier alpha value is -1.45. The van der Waals surface area contributed by atoms with Crippen molar-refractivity contribution in [2.24, 2.45) is 0 Å². The van der Waals surface area contributed by atoms with Crippen LogP contribution in [0.15, 0.2) is 59.5 Å². The van der Waals surface area contributed by atoms with Gasteiger partial charge in [-0.05, 0) is 30.5 Å². The first-order valence-electron chi connectivity index (χ1n) is 6.90. The molecule has 0 fully saturated rings. The summed E-state index contributed by atoms with van der Waals surface area (Å²) in [5, 5.41) is 3.37. The van der Waals surface area contributed by atoms with Gasteiger partial charge in [0, 0.05) is 11.4 Å². The van der Waals surface area contributed by atoms with E-state index in [2.05, 4.69) is 48.8 Å². The van der Waals surface area contributed by atoms with Crippen molar-refractivity contribution >= 4 is 11.8 Å². The average Bonchev–Trinajstić information content (AvgIpc) is 2.52. The second kappa shape index (κ2) is 7.98. The van der Waals surface area contributed by atoms with Crippen molar-refractivity contribution in [2.45, 2.75) is 17.9 Å². The van der Waals surface area contributed by atoms with E-state index in [1.807, 2.05) is 24.3 Å². The topological polar surface area (TPSA) is 21.3 Å². The quantitative estimate of drug-likeness (QED) is 0.773. The van der Waals surface area contributed by atoms with Crippen LogP contribution in [0.25, 0.3) is 0 Å². The second-order valence-corrected chi connectivity index (χ2v) is 5.32. The van der Waals surface area contributed by atoms with Gasteiger partial charge in [-0.25, -0.2) is 0 Å². The molecule has 1 atom stereocenters. The van der Waals surface area contributed by atoms with Gasteiger partial charge in [0.2, 0.25) is 0 Å². The van der Waals surface area contributed by atoms with Crippen LogP contribution in [-0.4, -0.2) is 19.3 Å². The Labute approximate surface area is 125 Å². The van der Waals surface area contributed by atoms with Crippen LogP contribution < -0.4 is 10.1 Å². The van der Waals surface area contributed by atoms with Gasteiger partial charge in [-0.15, -0.1) is 11.8 Å². The molecule has 2 nitrogen and oxygen atoms in total. The summed E-state index contributed by atoms with van der Waals surface area (Å²) in [7, 11) is 0. The van der Waals surface area contributed by atoms with Crippen LogP contribution in [0.1, 0.15) is 18.6 Å². The third kappa shape index (κ3) is 4.02. The fraction of sp³-hybridized carbons (Fsp3) is 0.294. The van der Waals surface area contributed by atoms with Gasteiger partial charge in [-0.3, -0.25) is 0 Å². The molecule has 0 heterocycles. The minimum atomic E-state index is 0.0319. The smallest absolute Gasteiger partial charge is 0.136 e. The van der Waals surface area contributed by atoms with Crippen molar-refractivity contribution in [1.82, 2.24) is 5.32 Å². The summed E-state index contributed by atoms with van der Waals surface area (Å²) in [4.78, 5) is 1.17. The molecule has 0 saturated carbocycles. The summed E-state index contributed by atoms with van der Waals surface area (Å²) in [5.41, 5.74) is 1.20. The lowest BCUT2D eigenvalue weighted by Crippen LogP contribution is -2.25. The van der Waals surface area contributed by atoms with Gasteiger partial charge in [0.1, 0.15) is 11.9 Å². The molecule has 3 heteroatoms. The van der Waals surface area contributed by atoms with Crippen LogP contribution in [0, 0.1) is 0 Å². The predicted octanol–water partition coefficient (Wildman–Crippen LogP) is 4.14. The molecule has 0 spiro atoms. The molecule has 0 aliphatic heterocycles. The standard InChI is InChI=1S/C17H21NOS/c1-3-18-13-16(14-9-5-4-6-10-14)19-15-11-7-8-12-17(15)20-2/h4-12,16,18H,3,13H2,1-2H3. The van der Waals surface area contributed by atoms with Gasteiger partial charge in [-0.1, -0.05) is 49.4 Å². The van der Waals surface area contributed by atoms with Crippen LogP contribution in [0.3, 0.4) is 0 Å². The monoisotopic (exact) mass is 287 g/mol. The van der Waals surface area contributed by atoms with Crippen molar-refractivity contribution in [2.75, 3.05) is 19.3 Å². The molecule has 0 amide bonds. The Bertz CT molecular complexity index is 515. The highest BCUT2D eigenvalue weighted by Crippen LogP contribution is 2.30. The zero-order valence-corrected chi connectivity index (χ0v) is 12.8. The van der Waals surface area contributed by atoms with Gasteiger partial charge in [0.05, 0.1) is 0 Å². The molecule has 1 unspecified atom stereocenters. The third-order valence-electron chi connectivity index (χ3n) is 3.09. The highest BCUT2D eigenvalue weighted by atomic mass is 32.2. The molecule has 0 aromatic heterocycles. The van der Waals surface area contributed by atoms with Crippen molar-refractivity contribution in [3.63, 3.8) is 0 Å². The van der Waals surface area contributed by atoms with E-state index in [-0.39, 0.29) is 6.10 Å². The van der Waals surface area contributed by atoms with Gasteiger partial charge < -0.3 is 10.1 Å². The van der Waals surface area contributed by atoms with E-state index in [1.165, 1.54) is 10.5 Å². The number of nitrogens with one attached hydrogen (secondary N) is 1. The lowest BCUT2D eigenvalue weighted by molar-refractivity contribution is 0.197. The van der Waals surface area contributed by atoms with E-state index in [4.69, 9.17) is 4.74 Å². The van der Waals surface area contributed by atoms with E-state index in [0.717, 1.165) is 18.8 Å². The molecule has 20 heavy (non-hydrogen) atoms. The SMILES string of the molecule is CCNCC(Oc1ccccc1SC)c1ccccc1. The van der Waals surface area contributed by atoms with E-state index in [1.54, 1.807) is 11.8 Å². The Morgan fingerprint density at radius 2 is 1.75 bits per heavy atom. The van der Waals surface area contributed by atoms with Crippen molar-refractivity contribution in [3.8, 4) is 5.75 Å². The minimum absolute atomic E-state index is 0.0319. The van der Waals surface area contributed by atoms with E-state index >= 15 is 0 Å². The number of benzene rings is 2. The maximum Gasteiger partial charge on any atom is 0.136 e. The summed E-state index contributed by atoms with van der Waals surface area (Å²) in [6, 6.07) is 18.6. The Morgan fingerprint density at radius 3 is 2.45 bits per heavy atom. The molecular formula is C17H21NOS. The molecule has 0 radical (unpaired) electrons. The lowest BCUT2D eigenvalue weighted by Gasteiger charge is -2.21. The number of hydrogen-bond donors (Lipinski definition) is 1. The first kappa shape index (κ1) is 14.9. The number of likely N-dealkylation sites (N-methyl/N-ethyl adjacent to an activating group) is 1. The first-order valence-corrected chi connectivity index (χ1v) is 8.13.